The monoisotopic (exact) mass is 365 g/mol. The van der Waals surface area contributed by atoms with Crippen molar-refractivity contribution < 1.29 is 19.1 Å². The molecule has 0 aromatic heterocycles. The smallest absolute Gasteiger partial charge is 0.310 e. The fraction of sp³-hybridized carbons (Fsp3) is 0.318. The SMILES string of the molecule is O=C(Cc1ccccc1)C(=O)N1CC[C@@H](C(=O)OCCc2ccccc2)C1. The summed E-state index contributed by atoms with van der Waals surface area (Å²) in [5, 5.41) is 0. The Kier molecular flexibility index (Phi) is 6.36. The Bertz CT molecular complexity index is 788. The van der Waals surface area contributed by atoms with Crippen LogP contribution < -0.4 is 0 Å². The van der Waals surface area contributed by atoms with Gasteiger partial charge in [0.25, 0.3) is 5.91 Å². The van der Waals surface area contributed by atoms with Crippen molar-refractivity contribution in [1.29, 1.82) is 0 Å². The van der Waals surface area contributed by atoms with Gasteiger partial charge in [-0.3, -0.25) is 14.4 Å². The largest absolute Gasteiger partial charge is 0.465 e. The van der Waals surface area contributed by atoms with Crippen molar-refractivity contribution in [3.05, 3.63) is 71.8 Å². The molecule has 1 aliphatic rings. The van der Waals surface area contributed by atoms with E-state index < -0.39 is 11.7 Å². The Hall–Kier alpha value is -2.95. The van der Waals surface area contributed by atoms with Crippen molar-refractivity contribution in [3.8, 4) is 0 Å². The molecule has 1 amide bonds. The van der Waals surface area contributed by atoms with Gasteiger partial charge in [-0.2, -0.15) is 0 Å². The van der Waals surface area contributed by atoms with Crippen LogP contribution in [0, 0.1) is 5.92 Å². The topological polar surface area (TPSA) is 63.7 Å². The highest BCUT2D eigenvalue weighted by Crippen LogP contribution is 2.18. The van der Waals surface area contributed by atoms with Gasteiger partial charge >= 0.3 is 5.97 Å². The highest BCUT2D eigenvalue weighted by atomic mass is 16.5. The number of carbonyl (C=O) groups excluding carboxylic acids is 3. The first-order valence-electron chi connectivity index (χ1n) is 9.20. The summed E-state index contributed by atoms with van der Waals surface area (Å²) >= 11 is 0. The molecule has 0 radical (unpaired) electrons. The summed E-state index contributed by atoms with van der Waals surface area (Å²) in [4.78, 5) is 38.2. The van der Waals surface area contributed by atoms with Crippen molar-refractivity contribution in [1.82, 2.24) is 4.90 Å². The van der Waals surface area contributed by atoms with E-state index >= 15 is 0 Å². The summed E-state index contributed by atoms with van der Waals surface area (Å²) in [6, 6.07) is 19.0. The van der Waals surface area contributed by atoms with E-state index in [1.807, 2.05) is 60.7 Å². The second kappa shape index (κ2) is 9.12. The maximum atomic E-state index is 12.3. The third-order valence-corrected chi connectivity index (χ3v) is 4.73. The molecule has 3 rings (SSSR count). The zero-order chi connectivity index (χ0) is 19.1. The summed E-state index contributed by atoms with van der Waals surface area (Å²) in [6.45, 7) is 0.988. The second-order valence-corrected chi connectivity index (χ2v) is 6.73. The molecule has 5 nitrogen and oxygen atoms in total. The molecular weight excluding hydrogens is 342 g/mol. The minimum atomic E-state index is -0.515. The number of hydrogen-bond acceptors (Lipinski definition) is 4. The minimum Gasteiger partial charge on any atom is -0.465 e. The van der Waals surface area contributed by atoms with Crippen LogP contribution in [0.3, 0.4) is 0 Å². The van der Waals surface area contributed by atoms with Crippen molar-refractivity contribution in [2.75, 3.05) is 19.7 Å². The number of benzene rings is 2. The average molecular weight is 365 g/mol. The van der Waals surface area contributed by atoms with Gasteiger partial charge < -0.3 is 9.64 Å². The standard InChI is InChI=1S/C22H23NO4/c24-20(15-18-9-5-2-6-10-18)21(25)23-13-11-19(16-23)22(26)27-14-12-17-7-3-1-4-8-17/h1-10,19H,11-16H2/t19-/m1/s1. The van der Waals surface area contributed by atoms with Gasteiger partial charge in [-0.05, 0) is 17.5 Å². The number of ketones is 1. The molecule has 140 valence electrons. The van der Waals surface area contributed by atoms with E-state index in [-0.39, 0.29) is 24.9 Å². The van der Waals surface area contributed by atoms with E-state index in [0.29, 0.717) is 26.0 Å². The summed E-state index contributed by atoms with van der Waals surface area (Å²) in [5.41, 5.74) is 1.92. The van der Waals surface area contributed by atoms with Gasteiger partial charge in [0.15, 0.2) is 0 Å². The lowest BCUT2D eigenvalue weighted by Gasteiger charge is -2.15. The molecule has 27 heavy (non-hydrogen) atoms. The average Bonchev–Trinajstić information content (AvgIpc) is 3.19. The Balaban J connectivity index is 1.44. The molecule has 1 heterocycles. The summed E-state index contributed by atoms with van der Waals surface area (Å²) < 4.78 is 5.35. The quantitative estimate of drug-likeness (QED) is 0.558. The predicted octanol–water partition coefficient (Wildman–Crippen LogP) is 2.43. The van der Waals surface area contributed by atoms with Crippen LogP contribution >= 0.6 is 0 Å². The summed E-state index contributed by atoms with van der Waals surface area (Å²) in [6.07, 6.45) is 1.29. The highest BCUT2D eigenvalue weighted by Gasteiger charge is 2.34. The van der Waals surface area contributed by atoms with E-state index in [2.05, 4.69) is 0 Å². The van der Waals surface area contributed by atoms with Crippen molar-refractivity contribution in [2.24, 2.45) is 5.92 Å². The van der Waals surface area contributed by atoms with E-state index in [9.17, 15) is 14.4 Å². The molecule has 1 atom stereocenters. The van der Waals surface area contributed by atoms with Crippen LogP contribution in [-0.2, 0) is 32.0 Å². The molecule has 0 bridgehead atoms. The molecule has 0 unspecified atom stereocenters. The Morgan fingerprint density at radius 2 is 1.56 bits per heavy atom. The Morgan fingerprint density at radius 3 is 2.22 bits per heavy atom. The maximum Gasteiger partial charge on any atom is 0.310 e. The lowest BCUT2D eigenvalue weighted by Crippen LogP contribution is -2.36. The Morgan fingerprint density at radius 1 is 0.926 bits per heavy atom. The van der Waals surface area contributed by atoms with Crippen LogP contribution in [0.1, 0.15) is 17.5 Å². The van der Waals surface area contributed by atoms with Gasteiger partial charge in [-0.15, -0.1) is 0 Å². The first-order chi connectivity index (χ1) is 13.1. The lowest BCUT2D eigenvalue weighted by molar-refractivity contribution is -0.149. The van der Waals surface area contributed by atoms with Crippen LogP contribution in [0.15, 0.2) is 60.7 Å². The number of nitrogens with zero attached hydrogens (tertiary/aromatic N) is 1. The van der Waals surface area contributed by atoms with Crippen molar-refractivity contribution in [2.45, 2.75) is 19.3 Å². The second-order valence-electron chi connectivity index (χ2n) is 6.73. The maximum absolute atomic E-state index is 12.3. The zero-order valence-corrected chi connectivity index (χ0v) is 15.2. The number of ether oxygens (including phenoxy) is 1. The summed E-state index contributed by atoms with van der Waals surface area (Å²) in [5.74, 6) is -1.61. The first-order valence-corrected chi connectivity index (χ1v) is 9.20. The summed E-state index contributed by atoms with van der Waals surface area (Å²) in [7, 11) is 0. The first kappa shape index (κ1) is 18.8. The molecule has 5 heteroatoms. The van der Waals surface area contributed by atoms with Crippen LogP contribution in [-0.4, -0.2) is 42.3 Å². The fourth-order valence-electron chi connectivity index (χ4n) is 3.20. The Labute approximate surface area is 158 Å². The number of likely N-dealkylation sites (tertiary alicyclic amines) is 1. The molecule has 1 aliphatic heterocycles. The molecular formula is C22H23NO4. The molecule has 0 aliphatic carbocycles. The fourth-order valence-corrected chi connectivity index (χ4v) is 3.20. The number of esters is 1. The lowest BCUT2D eigenvalue weighted by atomic mass is 10.1. The van der Waals surface area contributed by atoms with Crippen LogP contribution in [0.25, 0.3) is 0 Å². The number of hydrogen-bond donors (Lipinski definition) is 0. The molecule has 0 N–H and O–H groups in total. The molecule has 0 saturated carbocycles. The highest BCUT2D eigenvalue weighted by molar-refractivity contribution is 6.36. The normalized spacial score (nSPS) is 16.1. The van der Waals surface area contributed by atoms with Crippen LogP contribution in [0.2, 0.25) is 0 Å². The van der Waals surface area contributed by atoms with Crippen LogP contribution in [0.5, 0.6) is 0 Å². The van der Waals surface area contributed by atoms with Gasteiger partial charge in [-0.25, -0.2) is 0 Å². The van der Waals surface area contributed by atoms with Crippen molar-refractivity contribution in [3.63, 3.8) is 0 Å². The number of rotatable bonds is 7. The molecule has 2 aromatic rings. The van der Waals surface area contributed by atoms with Gasteiger partial charge in [0.1, 0.15) is 0 Å². The molecule has 1 saturated heterocycles. The van der Waals surface area contributed by atoms with Gasteiger partial charge in [-0.1, -0.05) is 60.7 Å². The number of Topliss-reactive ketones (excluding diaryl/α,β-unsaturated/α-hetero) is 1. The number of carbonyl (C=O) groups is 3. The van der Waals surface area contributed by atoms with E-state index in [1.165, 1.54) is 4.90 Å². The molecule has 0 spiro atoms. The van der Waals surface area contributed by atoms with Gasteiger partial charge in [0.05, 0.1) is 12.5 Å². The minimum absolute atomic E-state index is 0.0857. The predicted molar refractivity (Wildman–Crippen MR) is 101 cm³/mol. The third-order valence-electron chi connectivity index (χ3n) is 4.73. The van der Waals surface area contributed by atoms with Gasteiger partial charge in [0.2, 0.25) is 5.78 Å². The number of amides is 1. The third kappa shape index (κ3) is 5.26. The molecule has 1 fully saturated rings. The van der Waals surface area contributed by atoms with Gasteiger partial charge in [0, 0.05) is 25.9 Å². The van der Waals surface area contributed by atoms with E-state index in [1.54, 1.807) is 0 Å². The van der Waals surface area contributed by atoms with E-state index in [4.69, 9.17) is 4.74 Å². The van der Waals surface area contributed by atoms with Crippen molar-refractivity contribution >= 4 is 17.7 Å². The molecule has 2 aromatic carbocycles. The van der Waals surface area contributed by atoms with E-state index in [0.717, 1.165) is 11.1 Å². The zero-order valence-electron chi connectivity index (χ0n) is 15.2. The van der Waals surface area contributed by atoms with Crippen LogP contribution in [0.4, 0.5) is 0 Å².